The molecule has 2 N–H and O–H groups in total. The van der Waals surface area contributed by atoms with Crippen LogP contribution in [-0.2, 0) is 11.3 Å². The van der Waals surface area contributed by atoms with Crippen LogP contribution in [-0.4, -0.2) is 36.8 Å². The molecule has 0 aliphatic carbocycles. The molecule has 3 nitrogen and oxygen atoms in total. The second-order valence-corrected chi connectivity index (χ2v) is 5.09. The molecule has 0 bridgehead atoms. The maximum Gasteiger partial charge on any atom is 0.446 e. The van der Waals surface area contributed by atoms with Gasteiger partial charge in [-0.05, 0) is 43.4 Å². The summed E-state index contributed by atoms with van der Waals surface area (Å²) in [6.07, 6.45) is 0.750. The summed E-state index contributed by atoms with van der Waals surface area (Å²) in [6.45, 7) is 7.46. The maximum atomic E-state index is 12.1. The summed E-state index contributed by atoms with van der Waals surface area (Å²) >= 11 is -0.0950. The van der Waals surface area contributed by atoms with Crippen molar-refractivity contribution in [3.63, 3.8) is 0 Å². The van der Waals surface area contributed by atoms with E-state index in [9.17, 15) is 13.2 Å². The fraction of sp³-hybridized carbons (Fsp3) is 0.533. The summed E-state index contributed by atoms with van der Waals surface area (Å²) in [6, 6.07) is 6.40. The van der Waals surface area contributed by atoms with Crippen LogP contribution in [0.1, 0.15) is 26.3 Å². The first-order valence-electron chi connectivity index (χ1n) is 6.95. The standard InChI is InChI=1S/C11H15F3N2S.C2H4O.C2H6/c1-16(7-6-15)8-9-2-4-10(5-3-9)17-11(12,13)14;1-2-3;1-2/h2-5H,6-8,15H2,1H3;2H,1H3;1-2H3. The Bertz CT molecular complexity index is 383. The lowest BCUT2D eigenvalue weighted by Crippen LogP contribution is -2.24. The van der Waals surface area contributed by atoms with Crippen LogP contribution < -0.4 is 5.73 Å². The minimum Gasteiger partial charge on any atom is -0.329 e. The van der Waals surface area contributed by atoms with Crippen molar-refractivity contribution in [1.29, 1.82) is 0 Å². The zero-order valence-corrected chi connectivity index (χ0v) is 14.3. The average molecular weight is 338 g/mol. The highest BCUT2D eigenvalue weighted by Gasteiger charge is 2.28. The van der Waals surface area contributed by atoms with Crippen LogP contribution in [0.4, 0.5) is 13.2 Å². The summed E-state index contributed by atoms with van der Waals surface area (Å²) in [5.41, 5.74) is 2.16. The number of likely N-dealkylation sites (N-methyl/N-ethyl adjacent to an activating group) is 1. The Hall–Kier alpha value is -1.05. The lowest BCUT2D eigenvalue weighted by Gasteiger charge is -2.15. The van der Waals surface area contributed by atoms with E-state index in [0.717, 1.165) is 18.4 Å². The Balaban J connectivity index is 0. The molecule has 0 spiro atoms. The number of aldehydes is 1. The van der Waals surface area contributed by atoms with Crippen molar-refractivity contribution in [3.8, 4) is 0 Å². The average Bonchev–Trinajstić information content (AvgIpc) is 2.43. The number of benzene rings is 1. The number of nitrogens with zero attached hydrogens (tertiary/aromatic N) is 1. The third kappa shape index (κ3) is 13.9. The summed E-state index contributed by atoms with van der Waals surface area (Å²) < 4.78 is 36.3. The van der Waals surface area contributed by atoms with E-state index in [-0.39, 0.29) is 16.7 Å². The van der Waals surface area contributed by atoms with Crippen LogP contribution in [0.15, 0.2) is 29.2 Å². The van der Waals surface area contributed by atoms with Crippen LogP contribution in [0.5, 0.6) is 0 Å². The zero-order chi connectivity index (χ0) is 17.6. The number of hydrogen-bond acceptors (Lipinski definition) is 4. The van der Waals surface area contributed by atoms with Crippen molar-refractivity contribution in [2.75, 3.05) is 20.1 Å². The third-order valence-corrected chi connectivity index (χ3v) is 2.86. The van der Waals surface area contributed by atoms with Crippen LogP contribution in [0.2, 0.25) is 0 Å². The van der Waals surface area contributed by atoms with Gasteiger partial charge in [0, 0.05) is 24.5 Å². The topological polar surface area (TPSA) is 46.3 Å². The summed E-state index contributed by atoms with van der Waals surface area (Å²) in [4.78, 5) is 11.0. The Kier molecular flexibility index (Phi) is 14.4. The van der Waals surface area contributed by atoms with Crippen LogP contribution in [0.3, 0.4) is 0 Å². The number of hydrogen-bond donors (Lipinski definition) is 1. The van der Waals surface area contributed by atoms with Crippen molar-refractivity contribution in [3.05, 3.63) is 29.8 Å². The fourth-order valence-electron chi connectivity index (χ4n) is 1.41. The molecule has 0 fully saturated rings. The molecule has 0 radical (unpaired) electrons. The first-order chi connectivity index (χ1) is 10.3. The first-order valence-corrected chi connectivity index (χ1v) is 7.77. The maximum absolute atomic E-state index is 12.1. The van der Waals surface area contributed by atoms with Gasteiger partial charge in [0.05, 0.1) is 0 Å². The lowest BCUT2D eigenvalue weighted by atomic mass is 10.2. The molecule has 0 saturated carbocycles. The normalized spacial score (nSPS) is 10.2. The number of carbonyl (C=O) groups excluding carboxylic acids is 1. The molecule has 0 heterocycles. The molecule has 0 aliphatic heterocycles. The smallest absolute Gasteiger partial charge is 0.329 e. The Morgan fingerprint density at radius 2 is 1.68 bits per heavy atom. The molecule has 0 aromatic heterocycles. The highest BCUT2D eigenvalue weighted by Crippen LogP contribution is 2.36. The van der Waals surface area contributed by atoms with E-state index in [1.165, 1.54) is 19.1 Å². The van der Waals surface area contributed by atoms with E-state index in [0.29, 0.717) is 13.1 Å². The molecule has 22 heavy (non-hydrogen) atoms. The van der Waals surface area contributed by atoms with Gasteiger partial charge >= 0.3 is 5.51 Å². The van der Waals surface area contributed by atoms with E-state index in [4.69, 9.17) is 10.5 Å². The fourth-order valence-corrected chi connectivity index (χ4v) is 1.95. The molecule has 1 aromatic rings. The van der Waals surface area contributed by atoms with E-state index >= 15 is 0 Å². The Morgan fingerprint density at radius 1 is 1.23 bits per heavy atom. The molecular weight excluding hydrogens is 313 g/mol. The Labute approximate surface area is 135 Å². The van der Waals surface area contributed by atoms with E-state index in [2.05, 4.69) is 0 Å². The lowest BCUT2D eigenvalue weighted by molar-refractivity contribution is -0.106. The third-order valence-electron chi connectivity index (χ3n) is 2.12. The van der Waals surface area contributed by atoms with Gasteiger partial charge in [-0.3, -0.25) is 0 Å². The summed E-state index contributed by atoms with van der Waals surface area (Å²) in [7, 11) is 1.92. The van der Waals surface area contributed by atoms with E-state index < -0.39 is 5.51 Å². The van der Waals surface area contributed by atoms with Crippen molar-refractivity contribution in [2.24, 2.45) is 5.73 Å². The van der Waals surface area contributed by atoms with E-state index in [1.807, 2.05) is 25.8 Å². The van der Waals surface area contributed by atoms with Crippen LogP contribution in [0.25, 0.3) is 0 Å². The molecule has 0 unspecified atom stereocenters. The molecule has 0 aliphatic rings. The monoisotopic (exact) mass is 338 g/mol. The van der Waals surface area contributed by atoms with Gasteiger partial charge in [-0.1, -0.05) is 26.0 Å². The summed E-state index contributed by atoms with van der Waals surface area (Å²) in [5.74, 6) is 0. The SMILES string of the molecule is CC.CC=O.CN(CCN)Cc1ccc(SC(F)(F)F)cc1. The highest BCUT2D eigenvalue weighted by molar-refractivity contribution is 8.00. The van der Waals surface area contributed by atoms with Crippen molar-refractivity contribution < 1.29 is 18.0 Å². The number of nitrogens with two attached hydrogens (primary N) is 1. The van der Waals surface area contributed by atoms with E-state index in [1.54, 1.807) is 12.1 Å². The minimum absolute atomic E-state index is 0.0950. The second kappa shape index (κ2) is 13.6. The van der Waals surface area contributed by atoms with Gasteiger partial charge in [-0.25, -0.2) is 0 Å². The minimum atomic E-state index is -4.22. The van der Waals surface area contributed by atoms with Crippen molar-refractivity contribution in [2.45, 2.75) is 37.7 Å². The van der Waals surface area contributed by atoms with Gasteiger partial charge in [0.25, 0.3) is 0 Å². The molecule has 128 valence electrons. The predicted octanol–water partition coefficient (Wildman–Crippen LogP) is 3.92. The van der Waals surface area contributed by atoms with Gasteiger partial charge in [0.15, 0.2) is 0 Å². The largest absolute Gasteiger partial charge is 0.446 e. The number of halogens is 3. The zero-order valence-electron chi connectivity index (χ0n) is 13.5. The number of alkyl halides is 3. The predicted molar refractivity (Wildman–Crippen MR) is 86.8 cm³/mol. The van der Waals surface area contributed by atoms with Gasteiger partial charge in [-0.2, -0.15) is 13.2 Å². The number of rotatable bonds is 5. The van der Waals surface area contributed by atoms with Gasteiger partial charge in [0.1, 0.15) is 6.29 Å². The molecular formula is C15H25F3N2OS. The number of thioether (sulfide) groups is 1. The van der Waals surface area contributed by atoms with Crippen molar-refractivity contribution in [1.82, 2.24) is 4.90 Å². The van der Waals surface area contributed by atoms with Crippen LogP contribution >= 0.6 is 11.8 Å². The second-order valence-electron chi connectivity index (χ2n) is 3.95. The molecule has 0 saturated heterocycles. The quantitative estimate of drug-likeness (QED) is 0.653. The first kappa shape index (κ1) is 23.2. The van der Waals surface area contributed by atoms with Crippen molar-refractivity contribution >= 4 is 18.0 Å². The van der Waals surface area contributed by atoms with Gasteiger partial charge in [-0.15, -0.1) is 0 Å². The molecule has 7 heteroatoms. The molecule has 1 rings (SSSR count). The molecule has 0 amide bonds. The molecule has 1 aromatic carbocycles. The van der Waals surface area contributed by atoms with Gasteiger partial charge in [0.2, 0.25) is 0 Å². The molecule has 0 atom stereocenters. The number of carbonyl (C=O) groups is 1. The highest BCUT2D eigenvalue weighted by atomic mass is 32.2. The van der Waals surface area contributed by atoms with Crippen LogP contribution in [0, 0.1) is 0 Å². The summed E-state index contributed by atoms with van der Waals surface area (Å²) in [5, 5.41) is 0. The Morgan fingerprint density at radius 3 is 2.05 bits per heavy atom. The van der Waals surface area contributed by atoms with Gasteiger partial charge < -0.3 is 15.4 Å².